The van der Waals surface area contributed by atoms with Crippen molar-refractivity contribution in [3.8, 4) is 0 Å². The summed E-state index contributed by atoms with van der Waals surface area (Å²) in [6.07, 6.45) is -1.19. The number of guanidine groups is 1. The summed E-state index contributed by atoms with van der Waals surface area (Å²) < 4.78 is 36.4. The highest BCUT2D eigenvalue weighted by Gasteiger charge is 2.50. The van der Waals surface area contributed by atoms with Crippen LogP contribution < -0.4 is 16.6 Å². The van der Waals surface area contributed by atoms with Gasteiger partial charge in [-0.05, 0) is 12.8 Å². The average Bonchev–Trinajstić information content (AvgIpc) is 3.01. The van der Waals surface area contributed by atoms with Crippen LogP contribution in [-0.2, 0) is 14.6 Å². The second kappa shape index (κ2) is 6.69. The van der Waals surface area contributed by atoms with Gasteiger partial charge >= 0.3 is 16.1 Å². The van der Waals surface area contributed by atoms with Crippen molar-refractivity contribution in [3.05, 3.63) is 32.6 Å². The number of aliphatic hydroxyl groups is 1. The molecule has 3 aliphatic heterocycles. The fraction of sp³-hybridized carbons (Fsp3) is 0.667. The molecule has 154 valence electrons. The Balaban J connectivity index is 1.59. The van der Waals surface area contributed by atoms with Crippen molar-refractivity contribution in [2.45, 2.75) is 50.1 Å². The molecule has 4 rings (SSSR count). The van der Waals surface area contributed by atoms with Gasteiger partial charge in [0.05, 0.1) is 30.4 Å². The number of rotatable bonds is 4. The molecular weight excluding hydrogens is 394 g/mol. The molecule has 0 aliphatic carbocycles. The van der Waals surface area contributed by atoms with Crippen LogP contribution in [0.15, 0.2) is 20.6 Å². The van der Waals surface area contributed by atoms with Crippen LogP contribution in [0.25, 0.3) is 0 Å². The van der Waals surface area contributed by atoms with Crippen molar-refractivity contribution in [1.82, 2.24) is 20.2 Å². The second-order valence-corrected chi connectivity index (χ2v) is 8.47. The van der Waals surface area contributed by atoms with Gasteiger partial charge in [0.25, 0.3) is 5.56 Å². The molecule has 2 fully saturated rings. The predicted molar refractivity (Wildman–Crippen MR) is 96.1 cm³/mol. The third kappa shape index (κ3) is 3.45. The third-order valence-corrected chi connectivity index (χ3v) is 6.18. The number of hydrogen-bond acceptors (Lipinski definition) is 9. The number of nitrogens with one attached hydrogen (secondary N) is 3. The Hall–Kier alpha value is -2.22. The van der Waals surface area contributed by atoms with Gasteiger partial charge in [-0.1, -0.05) is 6.92 Å². The van der Waals surface area contributed by atoms with Crippen molar-refractivity contribution >= 4 is 16.4 Å². The molecule has 6 atom stereocenters. The quantitative estimate of drug-likeness (QED) is 0.351. The molecule has 1 aromatic rings. The second-order valence-electron chi connectivity index (χ2n) is 7.42. The predicted octanol–water partition coefficient (Wildman–Crippen LogP) is -1.90. The van der Waals surface area contributed by atoms with Crippen LogP contribution in [0, 0.1) is 5.92 Å². The van der Waals surface area contributed by atoms with E-state index in [1.165, 1.54) is 0 Å². The van der Waals surface area contributed by atoms with E-state index in [4.69, 9.17) is 8.74 Å². The lowest BCUT2D eigenvalue weighted by atomic mass is 9.81. The van der Waals surface area contributed by atoms with Gasteiger partial charge in [0.1, 0.15) is 6.10 Å². The van der Waals surface area contributed by atoms with Gasteiger partial charge in [-0.3, -0.25) is 19.3 Å². The Kier molecular flexibility index (Phi) is 4.56. The maximum absolute atomic E-state index is 11.5. The van der Waals surface area contributed by atoms with E-state index < -0.39 is 39.9 Å². The summed E-state index contributed by atoms with van der Waals surface area (Å²) in [5, 5.41) is 13.8. The third-order valence-electron chi connectivity index (χ3n) is 5.69. The Bertz CT molecular complexity index is 990. The lowest BCUT2D eigenvalue weighted by molar-refractivity contribution is -0.00935. The maximum atomic E-state index is 11.5. The van der Waals surface area contributed by atoms with Crippen LogP contribution in [0.2, 0.25) is 0 Å². The first kappa shape index (κ1) is 19.1. The molecule has 0 aromatic carbocycles. The fourth-order valence-electron chi connectivity index (χ4n) is 4.42. The van der Waals surface area contributed by atoms with E-state index in [0.717, 1.165) is 6.07 Å². The average molecular weight is 415 g/mol. The molecular formula is C15H21N5O7S. The highest BCUT2D eigenvalue weighted by Crippen LogP contribution is 2.39. The number of hydrogen-bond donors (Lipinski definition) is 5. The summed E-state index contributed by atoms with van der Waals surface area (Å²) in [7, 11) is -4.59. The van der Waals surface area contributed by atoms with E-state index in [1.54, 1.807) is 0 Å². The Labute approximate surface area is 159 Å². The Morgan fingerprint density at radius 3 is 2.75 bits per heavy atom. The minimum atomic E-state index is -4.59. The van der Waals surface area contributed by atoms with Crippen LogP contribution in [0.4, 0.5) is 0 Å². The minimum absolute atomic E-state index is 0.0739. The van der Waals surface area contributed by atoms with Crippen LogP contribution in [0.5, 0.6) is 0 Å². The van der Waals surface area contributed by atoms with Gasteiger partial charge in [-0.25, -0.2) is 8.98 Å². The molecule has 1 aromatic heterocycles. The van der Waals surface area contributed by atoms with Gasteiger partial charge in [0.2, 0.25) is 0 Å². The molecule has 0 saturated carbocycles. The molecule has 2 saturated heterocycles. The normalized spacial score (nSPS) is 33.0. The SMILES string of the molecule is C[C@H]1[C@@H](OS(=O)(=O)O)C[C@@H]2C[C@@H]([C@H](O)c3cc(=O)[nH]c(=O)[nH]3)NC3=NC[C@H]1N32. The van der Waals surface area contributed by atoms with Gasteiger partial charge in [0, 0.05) is 18.0 Å². The minimum Gasteiger partial charge on any atom is -0.385 e. The van der Waals surface area contributed by atoms with E-state index in [1.807, 2.05) is 11.9 Å². The van der Waals surface area contributed by atoms with E-state index >= 15 is 0 Å². The Morgan fingerprint density at radius 1 is 1.32 bits per heavy atom. The molecule has 0 amide bonds. The number of aromatic amines is 2. The number of nitrogens with zero attached hydrogens (tertiary/aromatic N) is 2. The number of aliphatic hydroxyl groups excluding tert-OH is 1. The molecule has 4 heterocycles. The van der Waals surface area contributed by atoms with E-state index in [-0.39, 0.29) is 23.7 Å². The van der Waals surface area contributed by atoms with Gasteiger partial charge in [-0.2, -0.15) is 8.42 Å². The van der Waals surface area contributed by atoms with Crippen LogP contribution in [0.3, 0.4) is 0 Å². The molecule has 5 N–H and O–H groups in total. The largest absolute Gasteiger partial charge is 0.397 e. The van der Waals surface area contributed by atoms with Gasteiger partial charge in [0.15, 0.2) is 5.96 Å². The lowest BCUT2D eigenvalue weighted by Gasteiger charge is -2.50. The van der Waals surface area contributed by atoms with Crippen molar-refractivity contribution in [2.75, 3.05) is 6.54 Å². The first-order valence-electron chi connectivity index (χ1n) is 8.89. The van der Waals surface area contributed by atoms with Crippen LogP contribution in [0.1, 0.15) is 31.6 Å². The summed E-state index contributed by atoms with van der Waals surface area (Å²) >= 11 is 0. The first-order valence-corrected chi connectivity index (χ1v) is 10.3. The van der Waals surface area contributed by atoms with Crippen LogP contribution >= 0.6 is 0 Å². The summed E-state index contributed by atoms with van der Waals surface area (Å²) in [5.74, 6) is 0.390. The molecule has 12 nitrogen and oxygen atoms in total. The Morgan fingerprint density at radius 2 is 2.07 bits per heavy atom. The highest BCUT2D eigenvalue weighted by molar-refractivity contribution is 7.80. The molecule has 3 aliphatic rings. The fourth-order valence-corrected chi connectivity index (χ4v) is 4.98. The summed E-state index contributed by atoms with van der Waals surface area (Å²) in [6.45, 7) is 2.27. The molecule has 0 spiro atoms. The number of aliphatic imine (C=N–C) groups is 1. The van der Waals surface area contributed by atoms with E-state index in [2.05, 4.69) is 20.2 Å². The number of H-pyrrole nitrogens is 2. The smallest absolute Gasteiger partial charge is 0.385 e. The number of piperidine rings is 1. The summed E-state index contributed by atoms with van der Waals surface area (Å²) in [5.41, 5.74) is -1.27. The lowest BCUT2D eigenvalue weighted by Crippen LogP contribution is -2.65. The zero-order chi connectivity index (χ0) is 20.2. The van der Waals surface area contributed by atoms with Crippen molar-refractivity contribution < 1.29 is 22.3 Å². The van der Waals surface area contributed by atoms with Crippen LogP contribution in [-0.4, -0.2) is 69.7 Å². The zero-order valence-electron chi connectivity index (χ0n) is 14.9. The number of aromatic nitrogens is 2. The van der Waals surface area contributed by atoms with E-state index in [0.29, 0.717) is 25.3 Å². The molecule has 0 bridgehead atoms. The molecule has 13 heteroatoms. The zero-order valence-corrected chi connectivity index (χ0v) is 15.7. The van der Waals surface area contributed by atoms with Gasteiger partial charge in [-0.15, -0.1) is 0 Å². The van der Waals surface area contributed by atoms with Crippen molar-refractivity contribution in [2.24, 2.45) is 10.9 Å². The summed E-state index contributed by atoms with van der Waals surface area (Å²) in [4.78, 5) is 34.0. The molecule has 0 unspecified atom stereocenters. The van der Waals surface area contributed by atoms with Gasteiger partial charge < -0.3 is 20.3 Å². The van der Waals surface area contributed by atoms with E-state index in [9.17, 15) is 23.1 Å². The standard InChI is InChI=1S/C15H21N5O7S/c1-6-10-5-16-14-17-8(13(22)9-4-12(21)19-15(23)18-9)2-7(20(10)14)3-11(6)27-28(24,25)26/h4,6-8,10-11,13,22H,2-3,5H2,1H3,(H,16,17)(H,24,25,26)(H2,18,19,21,23)/t6-,7+,8+,10-,11+,13+/m1/s1. The monoisotopic (exact) mass is 415 g/mol. The molecule has 28 heavy (non-hydrogen) atoms. The van der Waals surface area contributed by atoms with Crippen molar-refractivity contribution in [3.63, 3.8) is 0 Å². The maximum Gasteiger partial charge on any atom is 0.397 e. The first-order chi connectivity index (χ1) is 13.1. The highest BCUT2D eigenvalue weighted by atomic mass is 32.3. The summed E-state index contributed by atoms with van der Waals surface area (Å²) in [6, 6.07) is 0.275. The van der Waals surface area contributed by atoms with Crippen molar-refractivity contribution in [1.29, 1.82) is 0 Å². The molecule has 0 radical (unpaired) electrons. The topological polar surface area (TPSA) is 177 Å².